The third-order valence-electron chi connectivity index (χ3n) is 1.06. The van der Waals surface area contributed by atoms with E-state index in [4.69, 9.17) is 5.73 Å². The molecule has 1 aliphatic rings. The van der Waals surface area contributed by atoms with Crippen LogP contribution in [0.25, 0.3) is 0 Å². The van der Waals surface area contributed by atoms with Gasteiger partial charge in [-0.15, -0.1) is 11.8 Å². The summed E-state index contributed by atoms with van der Waals surface area (Å²) < 4.78 is 0. The number of carbonyl (C=O) groups excluding carboxylic acids is 1. The van der Waals surface area contributed by atoms with Crippen molar-refractivity contribution in [2.75, 3.05) is 11.6 Å². The zero-order chi connectivity index (χ0) is 5.98. The van der Waals surface area contributed by atoms with Gasteiger partial charge in [-0.25, -0.2) is 0 Å². The molecular weight excluding hydrogens is 124 g/mol. The maximum Gasteiger partial charge on any atom is 0.235 e. The predicted molar refractivity (Wildman–Crippen MR) is 33.4 cm³/mol. The molecule has 46 valence electrons. The summed E-state index contributed by atoms with van der Waals surface area (Å²) in [5, 5.41) is 2.94. The lowest BCUT2D eigenvalue weighted by molar-refractivity contribution is -0.119. The molecule has 3 N–H and O–H groups in total. The highest BCUT2D eigenvalue weighted by Crippen LogP contribution is 2.07. The van der Waals surface area contributed by atoms with Crippen molar-refractivity contribution in [3.63, 3.8) is 0 Å². The van der Waals surface area contributed by atoms with Gasteiger partial charge in [0.2, 0.25) is 5.91 Å². The van der Waals surface area contributed by atoms with Crippen LogP contribution in [0.3, 0.4) is 0 Å². The van der Waals surface area contributed by atoms with E-state index in [1.807, 2.05) is 0 Å². The van der Waals surface area contributed by atoms with Gasteiger partial charge in [0.25, 0.3) is 0 Å². The summed E-state index contributed by atoms with van der Waals surface area (Å²) in [7, 11) is 0. The van der Waals surface area contributed by atoms with Crippen molar-refractivity contribution in [1.82, 2.24) is 5.32 Å². The minimum Gasteiger partial charge on any atom is -0.368 e. The van der Waals surface area contributed by atoms with Gasteiger partial charge in [-0.1, -0.05) is 0 Å². The average Bonchev–Trinajstić information content (AvgIpc) is 2.12. The third-order valence-corrected chi connectivity index (χ3v) is 2.00. The molecule has 1 aliphatic heterocycles. The Morgan fingerprint density at radius 1 is 1.88 bits per heavy atom. The molecule has 1 rings (SSSR count). The van der Waals surface area contributed by atoms with E-state index < -0.39 is 0 Å². The fourth-order valence-corrected chi connectivity index (χ4v) is 1.53. The molecule has 3 nitrogen and oxygen atoms in total. The van der Waals surface area contributed by atoms with Crippen LogP contribution in [0.2, 0.25) is 0 Å². The number of rotatable bonds is 1. The van der Waals surface area contributed by atoms with Crippen LogP contribution >= 0.6 is 11.8 Å². The van der Waals surface area contributed by atoms with Crippen LogP contribution in [0.15, 0.2) is 0 Å². The number of hydrogen-bond donors (Lipinski definition) is 2. The molecule has 0 spiro atoms. The van der Waals surface area contributed by atoms with Gasteiger partial charge < -0.3 is 5.73 Å². The summed E-state index contributed by atoms with van der Waals surface area (Å²) in [6, 6.07) is -0.0833. The minimum atomic E-state index is -0.241. The van der Waals surface area contributed by atoms with E-state index >= 15 is 0 Å². The van der Waals surface area contributed by atoms with Crippen molar-refractivity contribution in [3.8, 4) is 0 Å². The number of thioether (sulfide) groups is 1. The lowest BCUT2D eigenvalue weighted by Crippen LogP contribution is -2.38. The largest absolute Gasteiger partial charge is 0.368 e. The fraction of sp³-hybridized carbons (Fsp3) is 0.750. The first kappa shape index (κ1) is 5.91. The van der Waals surface area contributed by atoms with Crippen molar-refractivity contribution in [2.24, 2.45) is 5.73 Å². The molecule has 0 aromatic heterocycles. The second-order valence-electron chi connectivity index (χ2n) is 1.67. The van der Waals surface area contributed by atoms with Gasteiger partial charge in [-0.2, -0.15) is 0 Å². The summed E-state index contributed by atoms with van der Waals surface area (Å²) >= 11 is 1.70. The van der Waals surface area contributed by atoms with Gasteiger partial charge in [0.05, 0.1) is 6.04 Å². The van der Waals surface area contributed by atoms with E-state index in [2.05, 4.69) is 5.32 Å². The first-order valence-corrected chi connectivity index (χ1v) is 3.56. The van der Waals surface area contributed by atoms with Crippen LogP contribution < -0.4 is 11.1 Å². The highest BCUT2D eigenvalue weighted by atomic mass is 32.2. The van der Waals surface area contributed by atoms with Gasteiger partial charge in [-0.05, 0) is 0 Å². The first-order valence-electron chi connectivity index (χ1n) is 2.41. The Bertz CT molecular complexity index is 100. The van der Waals surface area contributed by atoms with E-state index in [-0.39, 0.29) is 11.9 Å². The van der Waals surface area contributed by atoms with Gasteiger partial charge in [0.1, 0.15) is 0 Å². The minimum absolute atomic E-state index is 0.0833. The lowest BCUT2D eigenvalue weighted by atomic mass is 10.3. The summed E-state index contributed by atoms with van der Waals surface area (Å²) in [4.78, 5) is 10.3. The number of primary amides is 1. The molecule has 0 radical (unpaired) electrons. The van der Waals surface area contributed by atoms with Crippen LogP contribution in [0.4, 0.5) is 0 Å². The average molecular weight is 132 g/mol. The molecule has 1 heterocycles. The maximum atomic E-state index is 10.3. The summed E-state index contributed by atoms with van der Waals surface area (Å²) in [6.07, 6.45) is 0. The zero-order valence-corrected chi connectivity index (χ0v) is 5.20. The predicted octanol–water partition coefficient (Wildman–Crippen LogP) is -0.866. The molecule has 0 aromatic rings. The molecule has 0 aromatic carbocycles. The van der Waals surface area contributed by atoms with Gasteiger partial charge in [0, 0.05) is 11.6 Å². The number of carbonyl (C=O) groups is 1. The van der Waals surface area contributed by atoms with Crippen LogP contribution in [0.1, 0.15) is 0 Å². The molecule has 4 heteroatoms. The Hall–Kier alpha value is -0.220. The van der Waals surface area contributed by atoms with Crippen molar-refractivity contribution in [2.45, 2.75) is 6.04 Å². The Morgan fingerprint density at radius 2 is 2.62 bits per heavy atom. The van der Waals surface area contributed by atoms with Gasteiger partial charge in [0.15, 0.2) is 0 Å². The van der Waals surface area contributed by atoms with Crippen LogP contribution in [0, 0.1) is 0 Å². The Balaban J connectivity index is 2.35. The molecule has 1 amide bonds. The Kier molecular flexibility index (Phi) is 1.75. The number of nitrogens with one attached hydrogen (secondary N) is 1. The van der Waals surface area contributed by atoms with E-state index in [0.29, 0.717) is 0 Å². The van der Waals surface area contributed by atoms with Crippen LogP contribution in [0.5, 0.6) is 0 Å². The monoisotopic (exact) mass is 132 g/mol. The topological polar surface area (TPSA) is 55.1 Å². The quantitative estimate of drug-likeness (QED) is 0.488. The molecule has 0 aliphatic carbocycles. The van der Waals surface area contributed by atoms with Crippen molar-refractivity contribution < 1.29 is 4.79 Å². The van der Waals surface area contributed by atoms with E-state index in [1.165, 1.54) is 0 Å². The highest BCUT2D eigenvalue weighted by Gasteiger charge is 2.18. The van der Waals surface area contributed by atoms with Gasteiger partial charge in [-0.3, -0.25) is 10.1 Å². The maximum absolute atomic E-state index is 10.3. The molecular formula is C4H8N2OS. The zero-order valence-electron chi connectivity index (χ0n) is 4.39. The van der Waals surface area contributed by atoms with Crippen molar-refractivity contribution >= 4 is 17.7 Å². The van der Waals surface area contributed by atoms with Gasteiger partial charge >= 0.3 is 0 Å². The summed E-state index contributed by atoms with van der Waals surface area (Å²) in [5.41, 5.74) is 4.98. The standard InChI is InChI=1S/C4H8N2OS/c5-4(7)3-1-8-2-6-3/h3,6H,1-2H2,(H2,5,7). The molecule has 1 saturated heterocycles. The Morgan fingerprint density at radius 3 is 2.88 bits per heavy atom. The molecule has 8 heavy (non-hydrogen) atoms. The molecule has 1 unspecified atom stereocenters. The van der Waals surface area contributed by atoms with E-state index in [0.717, 1.165) is 11.6 Å². The summed E-state index contributed by atoms with van der Waals surface area (Å²) in [6.45, 7) is 0. The summed E-state index contributed by atoms with van der Waals surface area (Å²) in [5.74, 6) is 1.44. The molecule has 0 saturated carbocycles. The Labute approximate surface area is 52.0 Å². The molecule has 1 fully saturated rings. The SMILES string of the molecule is NC(=O)C1CSCN1. The normalized spacial score (nSPS) is 28.2. The third kappa shape index (κ3) is 1.14. The molecule has 0 bridgehead atoms. The fourth-order valence-electron chi connectivity index (χ4n) is 0.578. The van der Waals surface area contributed by atoms with Crippen LogP contribution in [-0.4, -0.2) is 23.6 Å². The first-order chi connectivity index (χ1) is 3.80. The van der Waals surface area contributed by atoms with E-state index in [9.17, 15) is 4.79 Å². The van der Waals surface area contributed by atoms with Crippen molar-refractivity contribution in [3.05, 3.63) is 0 Å². The smallest absolute Gasteiger partial charge is 0.235 e. The second kappa shape index (κ2) is 2.37. The highest BCUT2D eigenvalue weighted by molar-refractivity contribution is 7.99. The van der Waals surface area contributed by atoms with Crippen molar-refractivity contribution in [1.29, 1.82) is 0 Å². The lowest BCUT2D eigenvalue weighted by Gasteiger charge is -1.99. The van der Waals surface area contributed by atoms with Crippen LogP contribution in [-0.2, 0) is 4.79 Å². The molecule has 1 atom stereocenters. The number of amides is 1. The van der Waals surface area contributed by atoms with E-state index in [1.54, 1.807) is 11.8 Å². The second-order valence-corrected chi connectivity index (χ2v) is 2.70. The number of nitrogens with two attached hydrogens (primary N) is 1. The number of hydrogen-bond acceptors (Lipinski definition) is 3.